The molecule has 0 fully saturated rings. The van der Waals surface area contributed by atoms with Gasteiger partial charge in [0.05, 0.1) is 14.1 Å². The molecule has 3 heteroatoms. The van der Waals surface area contributed by atoms with Gasteiger partial charge in [0, 0.05) is 18.1 Å². The number of quaternary nitrogens is 1. The van der Waals surface area contributed by atoms with Crippen molar-refractivity contribution >= 4 is 12.0 Å². The fourth-order valence-electron chi connectivity index (χ4n) is 1.84. The van der Waals surface area contributed by atoms with Crippen LogP contribution in [0.25, 0.3) is 6.08 Å². The third kappa shape index (κ3) is 4.07. The fraction of sp³-hybridized carbons (Fsp3) is 0.353. The van der Waals surface area contributed by atoms with Crippen LogP contribution >= 0.6 is 0 Å². The Hall–Kier alpha value is -1.87. The van der Waals surface area contributed by atoms with Gasteiger partial charge in [-0.25, -0.2) is 4.79 Å². The second-order valence-corrected chi connectivity index (χ2v) is 5.62. The van der Waals surface area contributed by atoms with Crippen LogP contribution in [0.1, 0.15) is 25.0 Å². The highest BCUT2D eigenvalue weighted by Gasteiger charge is 2.28. The van der Waals surface area contributed by atoms with Crippen molar-refractivity contribution in [3.05, 3.63) is 54.1 Å². The minimum atomic E-state index is -0.347. The van der Waals surface area contributed by atoms with Crippen molar-refractivity contribution in [2.45, 2.75) is 26.6 Å². The van der Waals surface area contributed by atoms with Gasteiger partial charge in [0.15, 0.2) is 0 Å². The Kier molecular flexibility index (Phi) is 5.28. The molecule has 0 N–H and O–H groups in total. The van der Waals surface area contributed by atoms with Gasteiger partial charge >= 0.3 is 5.97 Å². The van der Waals surface area contributed by atoms with Crippen LogP contribution in [0, 0.1) is 0 Å². The van der Waals surface area contributed by atoms with Gasteiger partial charge in [-0.3, -0.25) is 4.48 Å². The van der Waals surface area contributed by atoms with Crippen molar-refractivity contribution in [2.75, 3.05) is 14.1 Å². The van der Waals surface area contributed by atoms with E-state index in [0.717, 1.165) is 12.1 Å². The maximum Gasteiger partial charge on any atom is 0.337 e. The number of hydrogen-bond donors (Lipinski definition) is 0. The molecule has 0 radical (unpaired) electrons. The van der Waals surface area contributed by atoms with Crippen LogP contribution < -0.4 is 0 Å². The van der Waals surface area contributed by atoms with Crippen molar-refractivity contribution in [1.82, 2.24) is 0 Å². The van der Waals surface area contributed by atoms with Crippen LogP contribution in [0.4, 0.5) is 0 Å². The van der Waals surface area contributed by atoms with Gasteiger partial charge in [-0.2, -0.15) is 0 Å². The molecule has 0 aliphatic rings. The van der Waals surface area contributed by atoms with E-state index in [2.05, 4.69) is 19.2 Å². The SMILES string of the molecule is C=Cc1ccccc1C[N+](C)(C)C(C)OC(=O)C(=C)C. The molecule has 0 bridgehead atoms. The molecule has 1 rings (SSSR count). The summed E-state index contributed by atoms with van der Waals surface area (Å²) in [6.45, 7) is 11.8. The van der Waals surface area contributed by atoms with E-state index in [9.17, 15) is 4.79 Å². The number of carbonyl (C=O) groups is 1. The molecular formula is C17H24NO2+. The quantitative estimate of drug-likeness (QED) is 0.344. The second-order valence-electron chi connectivity index (χ2n) is 5.62. The Labute approximate surface area is 121 Å². The highest BCUT2D eigenvalue weighted by Crippen LogP contribution is 2.19. The Morgan fingerprint density at radius 2 is 2.00 bits per heavy atom. The van der Waals surface area contributed by atoms with E-state index in [1.54, 1.807) is 6.92 Å². The van der Waals surface area contributed by atoms with Crippen molar-refractivity contribution in [1.29, 1.82) is 0 Å². The predicted molar refractivity (Wildman–Crippen MR) is 82.7 cm³/mol. The Balaban J connectivity index is 2.85. The molecule has 108 valence electrons. The van der Waals surface area contributed by atoms with E-state index in [1.165, 1.54) is 5.56 Å². The molecule has 0 heterocycles. The minimum Gasteiger partial charge on any atom is -0.409 e. The van der Waals surface area contributed by atoms with Crippen LogP contribution in [0.2, 0.25) is 0 Å². The van der Waals surface area contributed by atoms with E-state index in [-0.39, 0.29) is 12.2 Å². The second kappa shape index (κ2) is 6.53. The van der Waals surface area contributed by atoms with Gasteiger partial charge in [0.2, 0.25) is 6.23 Å². The molecule has 1 aromatic carbocycles. The number of nitrogens with zero attached hydrogens (tertiary/aromatic N) is 1. The Bertz CT molecular complexity index is 517. The van der Waals surface area contributed by atoms with Crippen LogP contribution in [-0.4, -0.2) is 30.8 Å². The normalized spacial score (nSPS) is 12.6. The molecule has 1 atom stereocenters. The average molecular weight is 274 g/mol. The van der Waals surface area contributed by atoms with Gasteiger partial charge in [0.25, 0.3) is 0 Å². The lowest BCUT2D eigenvalue weighted by Crippen LogP contribution is -2.48. The topological polar surface area (TPSA) is 26.3 Å². The van der Waals surface area contributed by atoms with Gasteiger partial charge in [0.1, 0.15) is 6.54 Å². The molecule has 1 aromatic rings. The molecule has 0 saturated heterocycles. The highest BCUT2D eigenvalue weighted by molar-refractivity contribution is 5.86. The zero-order valence-corrected chi connectivity index (χ0v) is 12.8. The van der Waals surface area contributed by atoms with Crippen LogP contribution in [0.5, 0.6) is 0 Å². The molecule has 3 nitrogen and oxygen atoms in total. The molecule has 0 aromatic heterocycles. The van der Waals surface area contributed by atoms with Gasteiger partial charge < -0.3 is 4.74 Å². The third-order valence-electron chi connectivity index (χ3n) is 3.46. The fourth-order valence-corrected chi connectivity index (χ4v) is 1.84. The van der Waals surface area contributed by atoms with Crippen molar-refractivity contribution in [3.8, 4) is 0 Å². The zero-order valence-electron chi connectivity index (χ0n) is 12.8. The molecule has 0 spiro atoms. The Morgan fingerprint density at radius 1 is 1.40 bits per heavy atom. The summed E-state index contributed by atoms with van der Waals surface area (Å²) >= 11 is 0. The van der Waals surface area contributed by atoms with Crippen molar-refractivity contribution in [3.63, 3.8) is 0 Å². The number of esters is 1. The minimum absolute atomic E-state index is 0.253. The highest BCUT2D eigenvalue weighted by atomic mass is 16.6. The van der Waals surface area contributed by atoms with E-state index < -0.39 is 0 Å². The number of rotatable bonds is 6. The largest absolute Gasteiger partial charge is 0.409 e. The van der Waals surface area contributed by atoms with E-state index in [0.29, 0.717) is 10.1 Å². The first kappa shape index (κ1) is 16.2. The molecule has 0 aliphatic carbocycles. The molecule has 0 amide bonds. The summed E-state index contributed by atoms with van der Waals surface area (Å²) in [5, 5.41) is 0. The maximum absolute atomic E-state index is 11.6. The zero-order chi connectivity index (χ0) is 15.3. The first-order valence-electron chi connectivity index (χ1n) is 6.67. The summed E-state index contributed by atoms with van der Waals surface area (Å²) in [6, 6.07) is 8.11. The number of carbonyl (C=O) groups excluding carboxylic acids is 1. The predicted octanol–water partition coefficient (Wildman–Crippen LogP) is 3.37. The van der Waals surface area contributed by atoms with Crippen LogP contribution in [0.3, 0.4) is 0 Å². The van der Waals surface area contributed by atoms with Gasteiger partial charge in [-0.05, 0) is 12.5 Å². The van der Waals surface area contributed by atoms with Gasteiger partial charge in [-0.1, -0.05) is 43.5 Å². The monoisotopic (exact) mass is 274 g/mol. The van der Waals surface area contributed by atoms with Crippen molar-refractivity contribution < 1.29 is 14.0 Å². The lowest BCUT2D eigenvalue weighted by atomic mass is 10.1. The Morgan fingerprint density at radius 3 is 2.55 bits per heavy atom. The molecule has 20 heavy (non-hydrogen) atoms. The van der Waals surface area contributed by atoms with E-state index >= 15 is 0 Å². The van der Waals surface area contributed by atoms with Crippen molar-refractivity contribution in [2.24, 2.45) is 0 Å². The summed E-state index contributed by atoms with van der Waals surface area (Å²) < 4.78 is 5.98. The summed E-state index contributed by atoms with van der Waals surface area (Å²) in [6.07, 6.45) is 1.59. The summed E-state index contributed by atoms with van der Waals surface area (Å²) in [7, 11) is 4.08. The van der Waals surface area contributed by atoms with E-state index in [4.69, 9.17) is 4.74 Å². The lowest BCUT2D eigenvalue weighted by Gasteiger charge is -2.35. The van der Waals surface area contributed by atoms with E-state index in [1.807, 2.05) is 45.3 Å². The molecule has 0 saturated carbocycles. The lowest BCUT2D eigenvalue weighted by molar-refractivity contribution is -0.945. The first-order chi connectivity index (χ1) is 9.27. The number of hydrogen-bond acceptors (Lipinski definition) is 2. The number of benzene rings is 1. The smallest absolute Gasteiger partial charge is 0.337 e. The molecule has 1 unspecified atom stereocenters. The molecule has 0 aliphatic heterocycles. The average Bonchev–Trinajstić information content (AvgIpc) is 2.38. The van der Waals surface area contributed by atoms with Gasteiger partial charge in [-0.15, -0.1) is 0 Å². The maximum atomic E-state index is 11.6. The van der Waals surface area contributed by atoms with Crippen LogP contribution in [0.15, 0.2) is 43.0 Å². The third-order valence-corrected chi connectivity index (χ3v) is 3.46. The summed E-state index contributed by atoms with van der Waals surface area (Å²) in [5.41, 5.74) is 2.71. The first-order valence-corrected chi connectivity index (χ1v) is 6.67. The standard InChI is InChI=1S/C17H24NO2/c1-7-15-10-8-9-11-16(15)12-18(5,6)14(4)20-17(19)13(2)3/h7-11,14H,1-2,12H2,3-6H3/q+1. The summed E-state index contributed by atoms with van der Waals surface area (Å²) in [5.74, 6) is -0.347. The number of ether oxygens (including phenoxy) is 1. The molecular weight excluding hydrogens is 250 g/mol. The van der Waals surface area contributed by atoms with Crippen LogP contribution in [-0.2, 0) is 16.1 Å². The summed E-state index contributed by atoms with van der Waals surface area (Å²) in [4.78, 5) is 11.6.